The van der Waals surface area contributed by atoms with Gasteiger partial charge in [0.05, 0.1) is 26.3 Å². The smallest absolute Gasteiger partial charge is 0.251 e. The third-order valence-corrected chi connectivity index (χ3v) is 8.61. The predicted octanol–water partition coefficient (Wildman–Crippen LogP) is 5.86. The van der Waals surface area contributed by atoms with Crippen LogP contribution in [0, 0.1) is 13.8 Å². The van der Waals surface area contributed by atoms with Crippen molar-refractivity contribution >= 4 is 23.2 Å². The number of H-pyrrole nitrogens is 1. The van der Waals surface area contributed by atoms with Gasteiger partial charge >= 0.3 is 0 Å². The molecule has 4 rings (SSSR count). The van der Waals surface area contributed by atoms with E-state index in [1.807, 2.05) is 25.1 Å². The Kier molecular flexibility index (Phi) is 10.6. The minimum atomic E-state index is -0.280. The molecular formula is C33H43ClN4O4. The minimum Gasteiger partial charge on any atom is -0.497 e. The number of halogens is 1. The van der Waals surface area contributed by atoms with Crippen LogP contribution in [0.1, 0.15) is 65.3 Å². The molecule has 1 aromatic heterocycles. The molecule has 0 aliphatic heterocycles. The first-order valence-electron chi connectivity index (χ1n) is 14.6. The average Bonchev–Trinajstić information content (AvgIpc) is 2.98. The number of aromatic amines is 1. The maximum atomic E-state index is 13.4. The molecular weight excluding hydrogens is 552 g/mol. The van der Waals surface area contributed by atoms with Crippen LogP contribution in [0.2, 0.25) is 5.02 Å². The number of nitrogens with zero attached hydrogens (tertiary/aromatic N) is 2. The van der Waals surface area contributed by atoms with Crippen molar-refractivity contribution in [1.29, 1.82) is 0 Å². The van der Waals surface area contributed by atoms with Crippen LogP contribution in [-0.4, -0.2) is 55.7 Å². The first kappa shape index (κ1) is 31.4. The van der Waals surface area contributed by atoms with E-state index >= 15 is 0 Å². The summed E-state index contributed by atoms with van der Waals surface area (Å²) in [5.74, 6) is 0.958. The molecule has 2 aromatic carbocycles. The number of aromatic nitrogens is 1. The van der Waals surface area contributed by atoms with Gasteiger partial charge in [-0.3, -0.25) is 14.5 Å². The quantitative estimate of drug-likeness (QED) is 0.289. The highest BCUT2D eigenvalue weighted by Gasteiger charge is 2.29. The lowest BCUT2D eigenvalue weighted by Gasteiger charge is -2.41. The zero-order valence-electron chi connectivity index (χ0n) is 25.6. The normalized spacial score (nSPS) is 16.8. The summed E-state index contributed by atoms with van der Waals surface area (Å²) < 4.78 is 10.7. The van der Waals surface area contributed by atoms with Gasteiger partial charge in [0.15, 0.2) is 11.3 Å². The van der Waals surface area contributed by atoms with Crippen LogP contribution >= 0.6 is 11.6 Å². The van der Waals surface area contributed by atoms with Crippen LogP contribution in [0.4, 0.5) is 5.69 Å². The molecule has 0 atom stereocenters. The number of ether oxygens (including phenoxy) is 2. The van der Waals surface area contributed by atoms with E-state index in [1.165, 1.54) is 18.7 Å². The third-order valence-electron chi connectivity index (χ3n) is 8.40. The molecule has 1 aliphatic carbocycles. The Morgan fingerprint density at radius 3 is 2.43 bits per heavy atom. The van der Waals surface area contributed by atoms with E-state index < -0.39 is 0 Å². The predicted molar refractivity (Wildman–Crippen MR) is 169 cm³/mol. The monoisotopic (exact) mass is 594 g/mol. The number of pyridine rings is 1. The number of hydrogen-bond acceptors (Lipinski definition) is 6. The van der Waals surface area contributed by atoms with Crippen LogP contribution in [0.5, 0.6) is 11.6 Å². The number of rotatable bonds is 11. The number of anilines is 1. The number of amides is 1. The highest BCUT2D eigenvalue weighted by Crippen LogP contribution is 2.34. The summed E-state index contributed by atoms with van der Waals surface area (Å²) in [7, 11) is 5.40. The highest BCUT2D eigenvalue weighted by molar-refractivity contribution is 6.31. The van der Waals surface area contributed by atoms with Crippen molar-refractivity contribution in [2.24, 2.45) is 0 Å². The van der Waals surface area contributed by atoms with Gasteiger partial charge in [0.1, 0.15) is 5.75 Å². The Balaban J connectivity index is 1.44. The lowest BCUT2D eigenvalue weighted by molar-refractivity contribution is 0.0950. The fourth-order valence-electron chi connectivity index (χ4n) is 6.11. The summed E-state index contributed by atoms with van der Waals surface area (Å²) in [6, 6.07) is 14.3. The van der Waals surface area contributed by atoms with E-state index in [-0.39, 0.29) is 17.9 Å². The molecule has 8 nitrogen and oxygen atoms in total. The Morgan fingerprint density at radius 2 is 1.76 bits per heavy atom. The van der Waals surface area contributed by atoms with E-state index in [9.17, 15) is 9.59 Å². The zero-order chi connectivity index (χ0) is 30.4. The molecule has 3 aromatic rings. The molecule has 42 heavy (non-hydrogen) atoms. The molecule has 0 spiro atoms. The minimum absolute atomic E-state index is 0.0453. The Morgan fingerprint density at radius 1 is 1.05 bits per heavy atom. The molecule has 0 bridgehead atoms. The topological polar surface area (TPSA) is 86.9 Å². The molecule has 9 heteroatoms. The molecule has 1 saturated carbocycles. The number of nitrogens with one attached hydrogen (secondary N) is 2. The summed E-state index contributed by atoms with van der Waals surface area (Å²) in [4.78, 5) is 33.8. The maximum Gasteiger partial charge on any atom is 0.251 e. The summed E-state index contributed by atoms with van der Waals surface area (Å²) in [6.07, 6.45) is 4.32. The second kappa shape index (κ2) is 14.1. The van der Waals surface area contributed by atoms with Crippen molar-refractivity contribution in [2.45, 2.75) is 71.6 Å². The second-order valence-corrected chi connectivity index (χ2v) is 11.6. The molecule has 2 N–H and O–H groups in total. The van der Waals surface area contributed by atoms with Crippen LogP contribution in [0.25, 0.3) is 0 Å². The van der Waals surface area contributed by atoms with Gasteiger partial charge in [-0.05, 0) is 88.9 Å². The number of benzene rings is 2. The second-order valence-electron chi connectivity index (χ2n) is 11.1. The first-order valence-corrected chi connectivity index (χ1v) is 15.0. The summed E-state index contributed by atoms with van der Waals surface area (Å²) in [5, 5.41) is 3.41. The summed E-state index contributed by atoms with van der Waals surface area (Å²) in [5.41, 5.74) is 4.49. The third kappa shape index (κ3) is 7.28. The van der Waals surface area contributed by atoms with E-state index in [0.29, 0.717) is 39.8 Å². The zero-order valence-corrected chi connectivity index (χ0v) is 26.3. The Bertz CT molecular complexity index is 1450. The van der Waals surface area contributed by atoms with Crippen LogP contribution in [0.3, 0.4) is 0 Å². The molecule has 1 fully saturated rings. The van der Waals surface area contributed by atoms with Crippen molar-refractivity contribution in [2.75, 3.05) is 32.7 Å². The fraction of sp³-hybridized carbons (Fsp3) is 0.455. The fourth-order valence-corrected chi connectivity index (χ4v) is 6.33. The summed E-state index contributed by atoms with van der Waals surface area (Å²) >= 11 is 6.58. The molecule has 1 amide bonds. The van der Waals surface area contributed by atoms with Gasteiger partial charge in [0, 0.05) is 53.2 Å². The Labute approximate surface area is 254 Å². The van der Waals surface area contributed by atoms with E-state index in [4.69, 9.17) is 21.1 Å². The van der Waals surface area contributed by atoms with Crippen molar-refractivity contribution in [3.63, 3.8) is 0 Å². The maximum absolute atomic E-state index is 13.4. The molecule has 226 valence electrons. The van der Waals surface area contributed by atoms with Crippen molar-refractivity contribution in [1.82, 2.24) is 15.2 Å². The van der Waals surface area contributed by atoms with Gasteiger partial charge in [0.25, 0.3) is 5.91 Å². The van der Waals surface area contributed by atoms with E-state index in [2.05, 4.69) is 46.2 Å². The number of methoxy groups -OCH3 is 2. The van der Waals surface area contributed by atoms with Crippen LogP contribution < -0.4 is 25.1 Å². The standard InChI is InChI=1S/C33H43ClN4O4/c1-7-38(26-13-11-25(12-14-26)37(4)20-23-9-8-10-27(16-23)41-5)30-18-24(34)17-28(22(30)3)32(40)35-19-29-31(39)15-21(2)36-33(29)42-6/h8-10,15-18,25-26H,7,11-14,19-20H2,1-6H3,(H,35,40)(H,36,39). The van der Waals surface area contributed by atoms with Gasteiger partial charge in [-0.25, -0.2) is 0 Å². The number of hydrogen-bond donors (Lipinski definition) is 2. The lowest BCUT2D eigenvalue weighted by atomic mass is 9.88. The lowest BCUT2D eigenvalue weighted by Crippen LogP contribution is -2.43. The van der Waals surface area contributed by atoms with Gasteiger partial charge in [-0.15, -0.1) is 0 Å². The molecule has 0 radical (unpaired) electrons. The number of aryl methyl sites for hydroxylation is 1. The van der Waals surface area contributed by atoms with Crippen LogP contribution in [-0.2, 0) is 13.1 Å². The Hall–Kier alpha value is -3.49. The first-order chi connectivity index (χ1) is 20.1. The van der Waals surface area contributed by atoms with Crippen molar-refractivity contribution in [3.8, 4) is 11.6 Å². The largest absolute Gasteiger partial charge is 0.497 e. The number of carbonyl (C=O) groups excluding carboxylic acids is 1. The van der Waals surface area contributed by atoms with Crippen molar-refractivity contribution < 1.29 is 14.3 Å². The van der Waals surface area contributed by atoms with E-state index in [0.717, 1.165) is 55.8 Å². The summed E-state index contributed by atoms with van der Waals surface area (Å²) in [6.45, 7) is 7.65. The van der Waals surface area contributed by atoms with Gasteiger partial charge in [0.2, 0.25) is 0 Å². The average molecular weight is 595 g/mol. The van der Waals surface area contributed by atoms with Gasteiger partial charge in [-0.2, -0.15) is 0 Å². The van der Waals surface area contributed by atoms with E-state index in [1.54, 1.807) is 20.1 Å². The van der Waals surface area contributed by atoms with Gasteiger partial charge in [-0.1, -0.05) is 23.7 Å². The van der Waals surface area contributed by atoms with Crippen LogP contribution in [0.15, 0.2) is 47.3 Å². The molecule has 1 heterocycles. The van der Waals surface area contributed by atoms with Gasteiger partial charge < -0.3 is 24.7 Å². The molecule has 0 saturated heterocycles. The SMILES string of the molecule is CCN(c1cc(Cl)cc(C(=O)NCc2c(OC)[nH]c(C)cc2=O)c1C)C1CCC(N(C)Cc2cccc(OC)c2)CC1. The number of carbonyl (C=O) groups is 1. The highest BCUT2D eigenvalue weighted by atomic mass is 35.5. The molecule has 0 unspecified atom stereocenters. The van der Waals surface area contributed by atoms with Crippen molar-refractivity contribution in [3.05, 3.63) is 85.7 Å². The molecule has 1 aliphatic rings.